The average molecular weight is 468 g/mol. The van der Waals surface area contributed by atoms with Crippen LogP contribution in [0.1, 0.15) is 31.7 Å². The first-order chi connectivity index (χ1) is 15.2. The van der Waals surface area contributed by atoms with E-state index < -0.39 is 29.4 Å². The second-order valence-electron chi connectivity index (χ2n) is 6.71. The van der Waals surface area contributed by atoms with Crippen molar-refractivity contribution in [2.24, 2.45) is 0 Å². The SMILES string of the molecule is Nc1nc2ncc(CNc3ccc(C(=O)NC(CCC(=O)O)C(=O)O)cc3)nc2c(=O)[nH]1.[H-].[H-].[Mg+2]. The summed E-state index contributed by atoms with van der Waals surface area (Å²) in [5, 5.41) is 23.2. The minimum absolute atomic E-state index is 0. The van der Waals surface area contributed by atoms with Crippen LogP contribution in [0.3, 0.4) is 0 Å². The topological polar surface area (TPSA) is 213 Å². The van der Waals surface area contributed by atoms with Crippen molar-refractivity contribution in [2.75, 3.05) is 11.1 Å². The van der Waals surface area contributed by atoms with Gasteiger partial charge in [-0.05, 0) is 30.7 Å². The van der Waals surface area contributed by atoms with Gasteiger partial charge in [0, 0.05) is 17.7 Å². The number of aliphatic carboxylic acids is 2. The van der Waals surface area contributed by atoms with E-state index >= 15 is 0 Å². The number of anilines is 2. The maximum atomic E-state index is 12.3. The van der Waals surface area contributed by atoms with Gasteiger partial charge in [0.05, 0.1) is 18.4 Å². The third kappa shape index (κ3) is 6.85. The molecule has 170 valence electrons. The van der Waals surface area contributed by atoms with Crippen molar-refractivity contribution in [3.05, 3.63) is 52.1 Å². The molecule has 1 aromatic carbocycles. The Balaban J connectivity index is 0.00000385. The summed E-state index contributed by atoms with van der Waals surface area (Å²) in [6.45, 7) is 0.231. The summed E-state index contributed by atoms with van der Waals surface area (Å²) in [7, 11) is 0. The summed E-state index contributed by atoms with van der Waals surface area (Å²) in [5.74, 6) is -3.16. The summed E-state index contributed by atoms with van der Waals surface area (Å²) >= 11 is 0. The minimum atomic E-state index is -1.31. The van der Waals surface area contributed by atoms with Crippen LogP contribution in [-0.4, -0.2) is 77.1 Å². The molecule has 14 heteroatoms. The molecule has 0 aliphatic rings. The largest absolute Gasteiger partial charge is 2.00 e. The van der Waals surface area contributed by atoms with Crippen molar-refractivity contribution in [3.8, 4) is 0 Å². The van der Waals surface area contributed by atoms with E-state index in [0.717, 1.165) is 0 Å². The van der Waals surface area contributed by atoms with Gasteiger partial charge in [-0.25, -0.2) is 14.8 Å². The molecule has 0 saturated carbocycles. The molecule has 0 saturated heterocycles. The van der Waals surface area contributed by atoms with Crippen LogP contribution in [0.15, 0.2) is 35.3 Å². The zero-order valence-electron chi connectivity index (χ0n) is 19.2. The van der Waals surface area contributed by atoms with Crippen LogP contribution in [0.2, 0.25) is 0 Å². The molecule has 2 heterocycles. The predicted molar refractivity (Wildman–Crippen MR) is 120 cm³/mol. The first-order valence-corrected chi connectivity index (χ1v) is 9.33. The Morgan fingerprint density at radius 2 is 1.85 bits per heavy atom. The summed E-state index contributed by atoms with van der Waals surface area (Å²) in [6, 6.07) is 4.86. The molecule has 7 N–H and O–H groups in total. The number of aromatic amines is 1. The number of aromatic nitrogens is 4. The van der Waals surface area contributed by atoms with E-state index in [1.165, 1.54) is 18.3 Å². The quantitative estimate of drug-likeness (QED) is 0.226. The van der Waals surface area contributed by atoms with Crippen molar-refractivity contribution in [2.45, 2.75) is 25.4 Å². The molecule has 3 aromatic rings. The van der Waals surface area contributed by atoms with E-state index in [4.69, 9.17) is 15.9 Å². The van der Waals surface area contributed by atoms with E-state index in [0.29, 0.717) is 11.4 Å². The molecule has 1 unspecified atom stereocenters. The molecule has 0 aliphatic carbocycles. The number of rotatable bonds is 9. The molecule has 13 nitrogen and oxygen atoms in total. The van der Waals surface area contributed by atoms with E-state index in [2.05, 4.69) is 30.6 Å². The fourth-order valence-corrected chi connectivity index (χ4v) is 2.75. The Kier molecular flexibility index (Phi) is 8.64. The Hall–Kier alpha value is -3.78. The van der Waals surface area contributed by atoms with Gasteiger partial charge in [0.15, 0.2) is 11.2 Å². The van der Waals surface area contributed by atoms with Gasteiger partial charge in [0.2, 0.25) is 5.95 Å². The Morgan fingerprint density at radius 1 is 1.15 bits per heavy atom. The molecule has 3 rings (SSSR count). The number of benzene rings is 1. The number of nitrogens with one attached hydrogen (secondary N) is 3. The second-order valence-corrected chi connectivity index (χ2v) is 6.71. The van der Waals surface area contributed by atoms with Crippen molar-refractivity contribution < 1.29 is 27.4 Å². The third-order valence-electron chi connectivity index (χ3n) is 4.36. The van der Waals surface area contributed by atoms with E-state index in [9.17, 15) is 19.2 Å². The minimum Gasteiger partial charge on any atom is -1.00 e. The predicted octanol–water partition coefficient (Wildman–Crippen LogP) is -0.201. The van der Waals surface area contributed by atoms with Gasteiger partial charge in [-0.1, -0.05) is 0 Å². The van der Waals surface area contributed by atoms with Crippen LogP contribution in [0.5, 0.6) is 0 Å². The van der Waals surface area contributed by atoms with Crippen molar-refractivity contribution >= 4 is 63.7 Å². The third-order valence-corrected chi connectivity index (χ3v) is 4.36. The molecule has 0 spiro atoms. The fraction of sp³-hybridized carbons (Fsp3) is 0.211. The van der Waals surface area contributed by atoms with Gasteiger partial charge < -0.3 is 29.4 Å². The number of H-pyrrole nitrogens is 1. The molecule has 0 radical (unpaired) electrons. The Labute approximate surface area is 205 Å². The molecule has 33 heavy (non-hydrogen) atoms. The van der Waals surface area contributed by atoms with Gasteiger partial charge in [-0.2, -0.15) is 4.98 Å². The number of carboxylic acid groups (broad SMARTS) is 2. The normalized spacial score (nSPS) is 11.3. The Morgan fingerprint density at radius 3 is 2.48 bits per heavy atom. The molecule has 1 amide bonds. The van der Waals surface area contributed by atoms with Crippen LogP contribution in [0.25, 0.3) is 11.2 Å². The number of hydrogen-bond acceptors (Lipinski definition) is 9. The zero-order chi connectivity index (χ0) is 23.3. The molecular weight excluding hydrogens is 447 g/mol. The van der Waals surface area contributed by atoms with Gasteiger partial charge in [-0.15, -0.1) is 0 Å². The zero-order valence-corrected chi connectivity index (χ0v) is 18.7. The molecule has 0 aliphatic heterocycles. The molecule has 1 atom stereocenters. The van der Waals surface area contributed by atoms with E-state index in [1.54, 1.807) is 12.1 Å². The van der Waals surface area contributed by atoms with Crippen LogP contribution in [0, 0.1) is 0 Å². The summed E-state index contributed by atoms with van der Waals surface area (Å²) in [4.78, 5) is 60.6. The number of carbonyl (C=O) groups excluding carboxylic acids is 1. The van der Waals surface area contributed by atoms with Crippen LogP contribution >= 0.6 is 0 Å². The second kappa shape index (κ2) is 11.2. The van der Waals surface area contributed by atoms with E-state index in [-0.39, 0.29) is 68.0 Å². The fourth-order valence-electron chi connectivity index (χ4n) is 2.75. The first-order valence-electron chi connectivity index (χ1n) is 9.33. The monoisotopic (exact) mass is 467 g/mol. The van der Waals surface area contributed by atoms with Crippen LogP contribution in [-0.2, 0) is 16.1 Å². The Bertz CT molecular complexity index is 1240. The van der Waals surface area contributed by atoms with Gasteiger partial charge in [0.25, 0.3) is 11.5 Å². The summed E-state index contributed by atoms with van der Waals surface area (Å²) < 4.78 is 0. The number of nitrogen functional groups attached to an aromatic ring is 1. The number of hydrogen-bond donors (Lipinski definition) is 6. The number of carbonyl (C=O) groups is 3. The number of fused-ring (bicyclic) bond motifs is 1. The number of amides is 1. The maximum absolute atomic E-state index is 12.3. The van der Waals surface area contributed by atoms with Crippen molar-refractivity contribution in [3.63, 3.8) is 0 Å². The average Bonchev–Trinajstić information content (AvgIpc) is 2.75. The molecule has 2 aromatic heterocycles. The summed E-state index contributed by atoms with van der Waals surface area (Å²) in [6.07, 6.45) is 0.840. The molecular formula is C19H21MgN7O6. The van der Waals surface area contributed by atoms with Gasteiger partial charge in [-0.3, -0.25) is 19.4 Å². The molecule has 0 fully saturated rings. The van der Waals surface area contributed by atoms with Crippen LogP contribution in [0.4, 0.5) is 11.6 Å². The van der Waals surface area contributed by atoms with Crippen LogP contribution < -0.4 is 21.9 Å². The first kappa shape index (κ1) is 25.5. The van der Waals surface area contributed by atoms with Gasteiger partial charge >= 0.3 is 35.0 Å². The maximum Gasteiger partial charge on any atom is 2.00 e. The smallest absolute Gasteiger partial charge is 1.00 e. The van der Waals surface area contributed by atoms with Gasteiger partial charge in [0.1, 0.15) is 6.04 Å². The molecule has 0 bridgehead atoms. The summed E-state index contributed by atoms with van der Waals surface area (Å²) in [5.41, 5.74) is 6.47. The van der Waals surface area contributed by atoms with Crippen molar-refractivity contribution in [1.29, 1.82) is 0 Å². The number of nitrogens with two attached hydrogens (primary N) is 1. The van der Waals surface area contributed by atoms with Crippen molar-refractivity contribution in [1.82, 2.24) is 25.3 Å². The van der Waals surface area contributed by atoms with E-state index in [1.807, 2.05) is 0 Å². The number of nitrogens with zero attached hydrogens (tertiary/aromatic N) is 3. The number of carboxylic acids is 2. The standard InChI is InChI=1S/C19H19N7O6.Mg.2H/c20-19-25-15-14(17(30)26-19)23-11(8-22-15)7-21-10-3-1-9(2-4-10)16(29)24-12(18(31)32)5-6-13(27)28;;;/h1-4,8,12,21H,5-7H2,(H,24,29)(H,27,28)(H,31,32)(H3,20,22,25,26,30);;;/q;+2;2*-1.